The summed E-state index contributed by atoms with van der Waals surface area (Å²) in [6.07, 6.45) is 0. The molecule has 0 fully saturated rings. The van der Waals surface area contributed by atoms with Gasteiger partial charge in [-0.15, -0.1) is 0 Å². The first-order valence-corrected chi connectivity index (χ1v) is 5.05. The third-order valence-electron chi connectivity index (χ3n) is 2.43. The van der Waals surface area contributed by atoms with E-state index in [2.05, 4.69) is 0 Å². The number of hydrogen-bond donors (Lipinski definition) is 3. The second-order valence-corrected chi connectivity index (χ2v) is 3.66. The van der Waals surface area contributed by atoms with Crippen LogP contribution in [0.4, 0.5) is 11.4 Å². The zero-order valence-corrected chi connectivity index (χ0v) is 9.46. The van der Waals surface area contributed by atoms with Gasteiger partial charge in [0.1, 0.15) is 12.6 Å². The van der Waals surface area contributed by atoms with E-state index < -0.39 is 17.9 Å². The van der Waals surface area contributed by atoms with Crippen LogP contribution in [0.25, 0.3) is 0 Å². The molecule has 0 saturated heterocycles. The summed E-state index contributed by atoms with van der Waals surface area (Å²) in [6, 6.07) is 5.99. The molecular formula is C11H15N3O3. The second-order valence-electron chi connectivity index (χ2n) is 3.66. The molecule has 5 N–H and O–H groups in total. The fourth-order valence-corrected chi connectivity index (χ4v) is 1.48. The number of nitrogen functional groups attached to an aromatic ring is 1. The van der Waals surface area contributed by atoms with Crippen molar-refractivity contribution in [1.82, 2.24) is 0 Å². The Morgan fingerprint density at radius 2 is 2.00 bits per heavy atom. The lowest BCUT2D eigenvalue weighted by atomic mass is 10.2. The molecule has 6 heteroatoms. The standard InChI is InChI=1S/C11H15N3O3/c1-7(11(13)17)14(6-10(15)16)9-5-3-2-4-8(9)12/h2-5,7H,6,12H2,1H3,(H2,13,17)(H,15,16). The molecule has 1 rings (SSSR count). The molecule has 0 saturated carbocycles. The predicted octanol–water partition coefficient (Wildman–Crippen LogP) is 0.0336. The van der Waals surface area contributed by atoms with Crippen LogP contribution < -0.4 is 16.4 Å². The van der Waals surface area contributed by atoms with Crippen molar-refractivity contribution in [2.75, 3.05) is 17.2 Å². The van der Waals surface area contributed by atoms with E-state index >= 15 is 0 Å². The van der Waals surface area contributed by atoms with E-state index in [0.717, 1.165) is 0 Å². The maximum Gasteiger partial charge on any atom is 0.323 e. The molecule has 0 aliphatic rings. The third-order valence-corrected chi connectivity index (χ3v) is 2.43. The fourth-order valence-electron chi connectivity index (χ4n) is 1.48. The van der Waals surface area contributed by atoms with Crippen LogP contribution in [-0.4, -0.2) is 29.6 Å². The van der Waals surface area contributed by atoms with Gasteiger partial charge >= 0.3 is 5.97 Å². The molecule has 1 atom stereocenters. The van der Waals surface area contributed by atoms with Crippen LogP contribution >= 0.6 is 0 Å². The maximum atomic E-state index is 11.2. The Hall–Kier alpha value is -2.24. The summed E-state index contributed by atoms with van der Waals surface area (Å²) in [4.78, 5) is 23.3. The minimum absolute atomic E-state index is 0.335. The van der Waals surface area contributed by atoms with Gasteiger partial charge in [0.15, 0.2) is 0 Å². The first kappa shape index (κ1) is 12.8. The van der Waals surface area contributed by atoms with E-state index in [-0.39, 0.29) is 6.54 Å². The zero-order valence-electron chi connectivity index (χ0n) is 9.46. The minimum atomic E-state index is -1.05. The fraction of sp³-hybridized carbons (Fsp3) is 0.273. The molecular weight excluding hydrogens is 222 g/mol. The third kappa shape index (κ3) is 3.10. The van der Waals surface area contributed by atoms with Crippen LogP contribution in [0.15, 0.2) is 24.3 Å². The van der Waals surface area contributed by atoms with Gasteiger partial charge in [0, 0.05) is 0 Å². The summed E-state index contributed by atoms with van der Waals surface area (Å²) in [7, 11) is 0. The number of primary amides is 1. The number of benzene rings is 1. The Labute approximate surface area is 98.8 Å². The van der Waals surface area contributed by atoms with Gasteiger partial charge in [0.2, 0.25) is 5.91 Å². The van der Waals surface area contributed by atoms with Crippen molar-refractivity contribution in [1.29, 1.82) is 0 Å². The number of carbonyl (C=O) groups excluding carboxylic acids is 1. The Bertz CT molecular complexity index is 434. The lowest BCUT2D eigenvalue weighted by Crippen LogP contribution is -2.45. The molecule has 92 valence electrons. The van der Waals surface area contributed by atoms with Crippen LogP contribution in [0, 0.1) is 0 Å². The summed E-state index contributed by atoms with van der Waals surface area (Å²) >= 11 is 0. The number of anilines is 2. The molecule has 0 aromatic heterocycles. The van der Waals surface area contributed by atoms with Crippen molar-refractivity contribution in [2.45, 2.75) is 13.0 Å². The van der Waals surface area contributed by atoms with E-state index in [1.807, 2.05) is 0 Å². The summed E-state index contributed by atoms with van der Waals surface area (Å²) in [6.45, 7) is 1.20. The number of nitrogens with two attached hydrogens (primary N) is 2. The summed E-state index contributed by atoms with van der Waals surface area (Å²) in [5, 5.41) is 8.83. The average Bonchev–Trinajstić information content (AvgIpc) is 2.25. The van der Waals surface area contributed by atoms with Crippen LogP contribution in [0.3, 0.4) is 0 Å². The van der Waals surface area contributed by atoms with Gasteiger partial charge in [-0.2, -0.15) is 0 Å². The maximum absolute atomic E-state index is 11.2. The SMILES string of the molecule is CC(C(N)=O)N(CC(=O)O)c1ccccc1N. The van der Waals surface area contributed by atoms with Gasteiger partial charge in [-0.3, -0.25) is 9.59 Å². The highest BCUT2D eigenvalue weighted by Gasteiger charge is 2.22. The number of nitrogens with zero attached hydrogens (tertiary/aromatic N) is 1. The van der Waals surface area contributed by atoms with Gasteiger partial charge in [-0.1, -0.05) is 12.1 Å². The minimum Gasteiger partial charge on any atom is -0.480 e. The van der Waals surface area contributed by atoms with Crippen LogP contribution in [0.5, 0.6) is 0 Å². The normalized spacial score (nSPS) is 11.8. The van der Waals surface area contributed by atoms with E-state index in [1.165, 1.54) is 11.8 Å². The van der Waals surface area contributed by atoms with Crippen molar-refractivity contribution in [3.05, 3.63) is 24.3 Å². The van der Waals surface area contributed by atoms with Crippen molar-refractivity contribution < 1.29 is 14.7 Å². The molecule has 6 nitrogen and oxygen atoms in total. The van der Waals surface area contributed by atoms with Gasteiger partial charge in [0.05, 0.1) is 11.4 Å². The van der Waals surface area contributed by atoms with E-state index in [4.69, 9.17) is 16.6 Å². The molecule has 0 aliphatic heterocycles. The number of para-hydroxylation sites is 2. The molecule has 0 spiro atoms. The predicted molar refractivity (Wildman–Crippen MR) is 64.5 cm³/mol. The van der Waals surface area contributed by atoms with E-state index in [9.17, 15) is 9.59 Å². The highest BCUT2D eigenvalue weighted by Crippen LogP contribution is 2.24. The van der Waals surface area contributed by atoms with E-state index in [1.54, 1.807) is 24.3 Å². The van der Waals surface area contributed by atoms with E-state index in [0.29, 0.717) is 11.4 Å². The summed E-state index contributed by atoms with van der Waals surface area (Å²) < 4.78 is 0. The number of aliphatic carboxylic acids is 1. The van der Waals surface area contributed by atoms with Crippen LogP contribution in [0.2, 0.25) is 0 Å². The number of carboxylic acid groups (broad SMARTS) is 1. The summed E-state index contributed by atoms with van der Waals surface area (Å²) in [5.41, 5.74) is 11.8. The van der Waals surface area contributed by atoms with Crippen LogP contribution in [-0.2, 0) is 9.59 Å². The molecule has 1 aromatic rings. The number of hydrogen-bond acceptors (Lipinski definition) is 4. The van der Waals surface area contributed by atoms with Crippen molar-refractivity contribution in [3.8, 4) is 0 Å². The number of rotatable bonds is 5. The molecule has 1 amide bonds. The first-order valence-electron chi connectivity index (χ1n) is 5.05. The quantitative estimate of drug-likeness (QED) is 0.626. The largest absolute Gasteiger partial charge is 0.480 e. The van der Waals surface area contributed by atoms with Gasteiger partial charge < -0.3 is 21.5 Å². The Morgan fingerprint density at radius 3 is 2.47 bits per heavy atom. The Kier molecular flexibility index (Phi) is 3.92. The molecule has 1 aromatic carbocycles. The van der Waals surface area contributed by atoms with Crippen molar-refractivity contribution >= 4 is 23.3 Å². The van der Waals surface area contributed by atoms with Gasteiger partial charge in [-0.25, -0.2) is 0 Å². The molecule has 17 heavy (non-hydrogen) atoms. The molecule has 0 radical (unpaired) electrons. The number of carbonyl (C=O) groups is 2. The molecule has 0 heterocycles. The zero-order chi connectivity index (χ0) is 13.0. The molecule has 0 aliphatic carbocycles. The molecule has 1 unspecified atom stereocenters. The first-order chi connectivity index (χ1) is 7.93. The topological polar surface area (TPSA) is 110 Å². The Balaban J connectivity index is 3.10. The van der Waals surface area contributed by atoms with Gasteiger partial charge in [0.25, 0.3) is 0 Å². The second kappa shape index (κ2) is 5.20. The average molecular weight is 237 g/mol. The van der Waals surface area contributed by atoms with Crippen molar-refractivity contribution in [3.63, 3.8) is 0 Å². The highest BCUT2D eigenvalue weighted by molar-refractivity contribution is 5.87. The highest BCUT2D eigenvalue weighted by atomic mass is 16.4. The number of amides is 1. The van der Waals surface area contributed by atoms with Gasteiger partial charge in [-0.05, 0) is 19.1 Å². The number of carboxylic acids is 1. The summed E-state index contributed by atoms with van der Waals surface area (Å²) in [5.74, 6) is -1.66. The molecule has 0 bridgehead atoms. The monoisotopic (exact) mass is 237 g/mol. The Morgan fingerprint density at radius 1 is 1.41 bits per heavy atom. The van der Waals surface area contributed by atoms with Crippen molar-refractivity contribution in [2.24, 2.45) is 5.73 Å². The lowest BCUT2D eigenvalue weighted by Gasteiger charge is -2.28. The van der Waals surface area contributed by atoms with Crippen LogP contribution in [0.1, 0.15) is 6.92 Å². The smallest absolute Gasteiger partial charge is 0.323 e. The lowest BCUT2D eigenvalue weighted by molar-refractivity contribution is -0.135.